The van der Waals surface area contributed by atoms with Gasteiger partial charge in [0.15, 0.2) is 12.4 Å². The summed E-state index contributed by atoms with van der Waals surface area (Å²) in [7, 11) is 0. The van der Waals surface area contributed by atoms with Gasteiger partial charge in [-0.15, -0.1) is 0 Å². The highest BCUT2D eigenvalue weighted by molar-refractivity contribution is 5.68. The molecule has 20 heavy (non-hydrogen) atoms. The van der Waals surface area contributed by atoms with E-state index in [1.54, 1.807) is 11.0 Å². The lowest BCUT2D eigenvalue weighted by Gasteiger charge is -2.27. The second kappa shape index (κ2) is 5.36. The van der Waals surface area contributed by atoms with Gasteiger partial charge in [0, 0.05) is 19.2 Å². The molecule has 5 heteroatoms. The Morgan fingerprint density at radius 3 is 2.95 bits per heavy atom. The highest BCUT2D eigenvalue weighted by Gasteiger charge is 2.21. The fraction of sp³-hybridized carbons (Fsp3) is 0.333. The van der Waals surface area contributed by atoms with Gasteiger partial charge in [0.2, 0.25) is 0 Å². The van der Waals surface area contributed by atoms with E-state index < -0.39 is 0 Å². The predicted octanol–water partition coefficient (Wildman–Crippen LogP) is 2.68. The second-order valence-corrected chi connectivity index (χ2v) is 4.93. The monoisotopic (exact) mass is 272 g/mol. The minimum absolute atomic E-state index is 0.123. The van der Waals surface area contributed by atoms with Crippen molar-refractivity contribution in [2.45, 2.75) is 26.5 Å². The Bertz CT molecular complexity index is 621. The van der Waals surface area contributed by atoms with Crippen molar-refractivity contribution in [3.05, 3.63) is 52.9 Å². The van der Waals surface area contributed by atoms with E-state index in [1.807, 2.05) is 19.1 Å². The van der Waals surface area contributed by atoms with Crippen molar-refractivity contribution in [2.24, 2.45) is 0 Å². The van der Waals surface area contributed by atoms with Crippen LogP contribution in [0.15, 0.2) is 34.9 Å². The van der Waals surface area contributed by atoms with E-state index in [9.17, 15) is 4.79 Å². The molecular formula is C15H16N2O3. The van der Waals surface area contributed by atoms with Gasteiger partial charge in [-0.25, -0.2) is 4.79 Å². The Morgan fingerprint density at radius 2 is 2.20 bits per heavy atom. The van der Waals surface area contributed by atoms with Crippen LogP contribution < -0.4 is 0 Å². The zero-order chi connectivity index (χ0) is 13.9. The highest BCUT2D eigenvalue weighted by Crippen LogP contribution is 2.19. The predicted molar refractivity (Wildman–Crippen MR) is 72.0 cm³/mol. The van der Waals surface area contributed by atoms with Crippen LogP contribution in [0.4, 0.5) is 4.79 Å². The Labute approximate surface area is 117 Å². The zero-order valence-electron chi connectivity index (χ0n) is 11.3. The van der Waals surface area contributed by atoms with Gasteiger partial charge in [-0.2, -0.15) is 0 Å². The molecule has 2 aromatic rings. The van der Waals surface area contributed by atoms with E-state index >= 15 is 0 Å². The molecular weight excluding hydrogens is 256 g/mol. The van der Waals surface area contributed by atoms with Crippen LogP contribution in [0.5, 0.6) is 0 Å². The minimum atomic E-state index is -0.312. The molecule has 2 heterocycles. The van der Waals surface area contributed by atoms with Crippen molar-refractivity contribution in [1.29, 1.82) is 0 Å². The number of hydrogen-bond acceptors (Lipinski definition) is 4. The van der Waals surface area contributed by atoms with Gasteiger partial charge in [0.1, 0.15) is 0 Å². The average molecular weight is 272 g/mol. The largest absolute Gasteiger partial charge is 0.441 e. The number of carbonyl (C=O) groups excluding carboxylic acids is 1. The van der Waals surface area contributed by atoms with E-state index in [2.05, 4.69) is 17.3 Å². The minimum Gasteiger partial charge on any atom is -0.441 e. The summed E-state index contributed by atoms with van der Waals surface area (Å²) in [5.41, 5.74) is 3.27. The molecule has 0 radical (unpaired) electrons. The molecule has 0 atom stereocenters. The molecule has 0 spiro atoms. The van der Waals surface area contributed by atoms with Crippen molar-refractivity contribution >= 4 is 6.09 Å². The maximum Gasteiger partial charge on any atom is 0.410 e. The molecule has 1 aromatic heterocycles. The third-order valence-electron chi connectivity index (χ3n) is 3.40. The Morgan fingerprint density at radius 1 is 1.40 bits per heavy atom. The molecule has 1 aliphatic heterocycles. The van der Waals surface area contributed by atoms with E-state index in [4.69, 9.17) is 9.26 Å². The van der Waals surface area contributed by atoms with Crippen LogP contribution in [0.25, 0.3) is 0 Å². The zero-order valence-corrected chi connectivity index (χ0v) is 11.3. The summed E-state index contributed by atoms with van der Waals surface area (Å²) >= 11 is 0. The first kappa shape index (κ1) is 12.7. The van der Waals surface area contributed by atoms with Crippen LogP contribution in [0, 0.1) is 6.92 Å². The van der Waals surface area contributed by atoms with Gasteiger partial charge >= 0.3 is 6.09 Å². The summed E-state index contributed by atoms with van der Waals surface area (Å²) in [4.78, 5) is 13.7. The number of nitrogens with zero attached hydrogens (tertiary/aromatic N) is 2. The Hall–Kier alpha value is -2.30. The van der Waals surface area contributed by atoms with Crippen LogP contribution in [-0.2, 0) is 24.3 Å². The molecule has 0 saturated heterocycles. The molecule has 0 aliphatic carbocycles. The summed E-state index contributed by atoms with van der Waals surface area (Å²) in [5.74, 6) is 0.563. The first-order chi connectivity index (χ1) is 9.72. The van der Waals surface area contributed by atoms with Gasteiger partial charge in [-0.3, -0.25) is 0 Å². The smallest absolute Gasteiger partial charge is 0.410 e. The number of ether oxygens (including phenoxy) is 1. The number of hydrogen-bond donors (Lipinski definition) is 0. The van der Waals surface area contributed by atoms with Gasteiger partial charge in [-0.1, -0.05) is 29.4 Å². The summed E-state index contributed by atoms with van der Waals surface area (Å²) in [6, 6.07) is 9.94. The first-order valence-corrected chi connectivity index (χ1v) is 6.63. The maximum absolute atomic E-state index is 12.0. The summed E-state index contributed by atoms with van der Waals surface area (Å²) in [6.07, 6.45) is 0.556. The molecule has 1 aliphatic rings. The molecule has 1 aromatic carbocycles. The first-order valence-electron chi connectivity index (χ1n) is 6.63. The maximum atomic E-state index is 12.0. The number of carbonyl (C=O) groups is 1. The van der Waals surface area contributed by atoms with Crippen LogP contribution in [0.3, 0.4) is 0 Å². The summed E-state index contributed by atoms with van der Waals surface area (Å²) in [6.45, 7) is 3.24. The topological polar surface area (TPSA) is 55.6 Å². The molecule has 0 fully saturated rings. The fourth-order valence-electron chi connectivity index (χ4n) is 2.36. The van der Waals surface area contributed by atoms with Crippen LogP contribution in [-0.4, -0.2) is 22.7 Å². The number of fused-ring (bicyclic) bond motifs is 1. The van der Waals surface area contributed by atoms with Crippen molar-refractivity contribution in [2.75, 3.05) is 6.54 Å². The summed E-state index contributed by atoms with van der Waals surface area (Å²) in [5, 5.41) is 3.76. The molecule has 1 amide bonds. The molecule has 0 N–H and O–H groups in total. The van der Waals surface area contributed by atoms with Gasteiger partial charge in [0.25, 0.3) is 0 Å². The quantitative estimate of drug-likeness (QED) is 0.843. The van der Waals surface area contributed by atoms with E-state index in [0.717, 1.165) is 12.1 Å². The number of rotatable bonds is 2. The molecule has 0 unspecified atom stereocenters. The molecule has 104 valence electrons. The van der Waals surface area contributed by atoms with Crippen molar-refractivity contribution < 1.29 is 14.1 Å². The lowest BCUT2D eigenvalue weighted by molar-refractivity contribution is 0.0838. The molecule has 3 rings (SSSR count). The number of aryl methyl sites for hydroxylation is 1. The van der Waals surface area contributed by atoms with Gasteiger partial charge < -0.3 is 14.2 Å². The number of amides is 1. The van der Waals surface area contributed by atoms with Crippen molar-refractivity contribution in [3.8, 4) is 0 Å². The summed E-state index contributed by atoms with van der Waals surface area (Å²) < 4.78 is 10.3. The average Bonchev–Trinajstić information content (AvgIpc) is 2.90. The molecule has 5 nitrogen and oxygen atoms in total. The van der Waals surface area contributed by atoms with Crippen LogP contribution in [0.2, 0.25) is 0 Å². The second-order valence-electron chi connectivity index (χ2n) is 4.93. The van der Waals surface area contributed by atoms with E-state index in [-0.39, 0.29) is 12.7 Å². The third-order valence-corrected chi connectivity index (χ3v) is 3.40. The normalized spacial score (nSPS) is 13.9. The molecule has 0 bridgehead atoms. The van der Waals surface area contributed by atoms with Crippen LogP contribution in [0.1, 0.15) is 22.6 Å². The Balaban J connectivity index is 1.59. The van der Waals surface area contributed by atoms with Crippen molar-refractivity contribution in [1.82, 2.24) is 10.1 Å². The standard InChI is InChI=1S/C15H16N2O3/c1-11-8-14(20-16-11)10-19-15(18)17-7-6-12-4-2-3-5-13(12)9-17/h2-5,8H,6-7,9-10H2,1H3. The van der Waals surface area contributed by atoms with Crippen LogP contribution >= 0.6 is 0 Å². The lowest BCUT2D eigenvalue weighted by atomic mass is 10.0. The SMILES string of the molecule is Cc1cc(COC(=O)N2CCc3ccccc3C2)on1. The van der Waals surface area contributed by atoms with Gasteiger partial charge in [-0.05, 0) is 24.5 Å². The highest BCUT2D eigenvalue weighted by atomic mass is 16.6. The van der Waals surface area contributed by atoms with Crippen molar-refractivity contribution in [3.63, 3.8) is 0 Å². The van der Waals surface area contributed by atoms with Gasteiger partial charge in [0.05, 0.1) is 5.69 Å². The lowest BCUT2D eigenvalue weighted by Crippen LogP contribution is -2.36. The van der Waals surface area contributed by atoms with E-state index in [0.29, 0.717) is 18.8 Å². The number of benzene rings is 1. The Kier molecular flexibility index (Phi) is 3.41. The fourth-order valence-corrected chi connectivity index (χ4v) is 2.36. The molecule has 0 saturated carbocycles. The van der Waals surface area contributed by atoms with E-state index in [1.165, 1.54) is 11.1 Å². The third kappa shape index (κ3) is 2.66. The number of aromatic nitrogens is 1.